The molecular formula is C27H36F3N5O2Si. The molecule has 1 N–H and O–H groups in total. The minimum absolute atomic E-state index is 0.0849. The molecule has 0 aromatic carbocycles. The van der Waals surface area contributed by atoms with Crippen LogP contribution in [-0.4, -0.2) is 47.6 Å². The van der Waals surface area contributed by atoms with Gasteiger partial charge in [0.2, 0.25) is 0 Å². The minimum Gasteiger partial charge on any atom is -0.361 e. The van der Waals surface area contributed by atoms with Gasteiger partial charge in [-0.2, -0.15) is 18.4 Å². The Morgan fingerprint density at radius 2 is 1.92 bits per heavy atom. The number of nitrogens with one attached hydrogen (secondary N) is 1. The first-order valence-corrected chi connectivity index (χ1v) is 16.9. The van der Waals surface area contributed by atoms with Gasteiger partial charge in [0, 0.05) is 50.8 Å². The maximum absolute atomic E-state index is 13.1. The monoisotopic (exact) mass is 547 g/mol. The Labute approximate surface area is 221 Å². The first-order chi connectivity index (χ1) is 18.0. The third-order valence-electron chi connectivity index (χ3n) is 7.45. The molecule has 3 heterocycles. The summed E-state index contributed by atoms with van der Waals surface area (Å²) in [6, 6.07) is 4.58. The van der Waals surface area contributed by atoms with E-state index in [-0.39, 0.29) is 23.9 Å². The zero-order chi connectivity index (χ0) is 27.5. The predicted molar refractivity (Wildman–Crippen MR) is 145 cm³/mol. The molecule has 38 heavy (non-hydrogen) atoms. The molecule has 11 heteroatoms. The van der Waals surface area contributed by atoms with Gasteiger partial charge in [-0.3, -0.25) is 4.79 Å². The molecule has 0 aliphatic heterocycles. The standard InChI is InChI=1S/C27H36F3N5O2Si/c1-38(2,3)15-14-37-18-34-12-9-21-25-22(17-33-26(21)34)23(36)10-13-35(25)20-6-4-19(5-7-20)16-32-24(8-11-31)27(28,29)30/h9-10,12-13,17,19-20,24,32H,4-8,14-16,18H2,1-3H3/t19?,20?,24-/m1/s1. The molecule has 7 nitrogen and oxygen atoms in total. The Hall–Kier alpha value is -2.68. The van der Waals surface area contributed by atoms with Gasteiger partial charge in [-0.05, 0) is 50.3 Å². The minimum atomic E-state index is -4.43. The average Bonchev–Trinajstić information content (AvgIpc) is 3.27. The van der Waals surface area contributed by atoms with Crippen LogP contribution in [0.25, 0.3) is 21.9 Å². The van der Waals surface area contributed by atoms with E-state index in [0.717, 1.165) is 48.3 Å². The fraction of sp³-hybridized carbons (Fsp3) is 0.593. The van der Waals surface area contributed by atoms with Crippen LogP contribution in [0.2, 0.25) is 25.7 Å². The van der Waals surface area contributed by atoms with Crippen molar-refractivity contribution in [3.63, 3.8) is 0 Å². The first-order valence-electron chi connectivity index (χ1n) is 13.2. The number of halogens is 3. The molecule has 1 atom stereocenters. The van der Waals surface area contributed by atoms with E-state index >= 15 is 0 Å². The van der Waals surface area contributed by atoms with Crippen molar-refractivity contribution in [2.45, 2.75) is 82.8 Å². The third kappa shape index (κ3) is 6.65. The number of alkyl halides is 3. The number of hydrogen-bond donors (Lipinski definition) is 1. The second-order valence-electron chi connectivity index (χ2n) is 11.5. The summed E-state index contributed by atoms with van der Waals surface area (Å²) in [7, 11) is -1.19. The molecule has 0 unspecified atom stereocenters. The molecule has 0 radical (unpaired) electrons. The van der Waals surface area contributed by atoms with E-state index in [1.54, 1.807) is 18.3 Å². The average molecular weight is 548 g/mol. The van der Waals surface area contributed by atoms with Crippen LogP contribution in [0, 0.1) is 17.2 Å². The number of hydrogen-bond acceptors (Lipinski definition) is 5. The molecule has 3 aromatic rings. The lowest BCUT2D eigenvalue weighted by Gasteiger charge is -2.32. The lowest BCUT2D eigenvalue weighted by molar-refractivity contribution is -0.155. The summed E-state index contributed by atoms with van der Waals surface area (Å²) in [6.07, 6.45) is 3.51. The van der Waals surface area contributed by atoms with Crippen molar-refractivity contribution >= 4 is 30.0 Å². The number of nitrogens with zero attached hydrogens (tertiary/aromatic N) is 4. The quantitative estimate of drug-likeness (QED) is 0.255. The number of aromatic nitrogens is 3. The van der Waals surface area contributed by atoms with E-state index in [0.29, 0.717) is 18.7 Å². The van der Waals surface area contributed by atoms with Gasteiger partial charge in [0.05, 0.1) is 23.4 Å². The summed E-state index contributed by atoms with van der Waals surface area (Å²) >= 11 is 0. The summed E-state index contributed by atoms with van der Waals surface area (Å²) in [5, 5.41) is 12.8. The topological polar surface area (TPSA) is 84.9 Å². The Bertz CT molecular complexity index is 1350. The van der Waals surface area contributed by atoms with E-state index in [1.807, 2.05) is 23.0 Å². The van der Waals surface area contributed by atoms with Gasteiger partial charge in [0.1, 0.15) is 18.4 Å². The van der Waals surface area contributed by atoms with Gasteiger partial charge in [-0.25, -0.2) is 4.98 Å². The van der Waals surface area contributed by atoms with Gasteiger partial charge in [-0.15, -0.1) is 0 Å². The molecule has 0 bridgehead atoms. The highest BCUT2D eigenvalue weighted by Crippen LogP contribution is 2.35. The van der Waals surface area contributed by atoms with E-state index in [2.05, 4.69) is 34.5 Å². The normalized spacial score (nSPS) is 19.6. The number of ether oxygens (including phenoxy) is 1. The molecule has 0 saturated heterocycles. The van der Waals surface area contributed by atoms with E-state index in [4.69, 9.17) is 10.00 Å². The molecular weight excluding hydrogens is 511 g/mol. The summed E-state index contributed by atoms with van der Waals surface area (Å²) in [4.78, 5) is 17.3. The van der Waals surface area contributed by atoms with E-state index in [1.165, 1.54) is 0 Å². The maximum Gasteiger partial charge on any atom is 0.404 e. The number of rotatable bonds is 10. The second-order valence-corrected chi connectivity index (χ2v) is 17.1. The SMILES string of the molecule is C[Si](C)(C)CCOCn1ccc2c1ncc1c(=O)ccn(C3CCC(CN[C@H](CC#N)C(F)(F)F)CC3)c12. The number of nitriles is 1. The highest BCUT2D eigenvalue weighted by Gasteiger charge is 2.39. The van der Waals surface area contributed by atoms with Crippen molar-refractivity contribution in [1.29, 1.82) is 5.26 Å². The second kappa shape index (κ2) is 11.6. The lowest BCUT2D eigenvalue weighted by Crippen LogP contribution is -2.44. The Morgan fingerprint density at radius 1 is 1.18 bits per heavy atom. The van der Waals surface area contributed by atoms with Crippen molar-refractivity contribution in [2.75, 3.05) is 13.2 Å². The van der Waals surface area contributed by atoms with Crippen LogP contribution < -0.4 is 10.7 Å². The van der Waals surface area contributed by atoms with Crippen LogP contribution >= 0.6 is 0 Å². The van der Waals surface area contributed by atoms with Crippen molar-refractivity contribution in [3.8, 4) is 6.07 Å². The van der Waals surface area contributed by atoms with Gasteiger partial charge >= 0.3 is 6.18 Å². The summed E-state index contributed by atoms with van der Waals surface area (Å²) in [5.41, 5.74) is 1.52. The fourth-order valence-corrected chi connectivity index (χ4v) is 5.93. The Balaban J connectivity index is 1.49. The summed E-state index contributed by atoms with van der Waals surface area (Å²) < 4.78 is 49.4. The van der Waals surface area contributed by atoms with E-state index < -0.39 is 26.7 Å². The van der Waals surface area contributed by atoms with Gasteiger partial charge in [0.15, 0.2) is 5.43 Å². The number of pyridine rings is 2. The predicted octanol–water partition coefficient (Wildman–Crippen LogP) is 5.83. The molecule has 206 valence electrons. The Kier molecular flexibility index (Phi) is 8.64. The lowest BCUT2D eigenvalue weighted by atomic mass is 9.85. The first kappa shape index (κ1) is 28.3. The molecule has 1 fully saturated rings. The maximum atomic E-state index is 13.1. The largest absolute Gasteiger partial charge is 0.404 e. The van der Waals surface area contributed by atoms with Crippen LogP contribution in [0.4, 0.5) is 13.2 Å². The number of fused-ring (bicyclic) bond motifs is 3. The molecule has 1 aliphatic carbocycles. The van der Waals surface area contributed by atoms with Crippen LogP contribution in [0.3, 0.4) is 0 Å². The van der Waals surface area contributed by atoms with Crippen LogP contribution in [0.5, 0.6) is 0 Å². The molecule has 1 aliphatic rings. The van der Waals surface area contributed by atoms with Crippen molar-refractivity contribution in [3.05, 3.63) is 40.9 Å². The molecule has 3 aromatic heterocycles. The zero-order valence-electron chi connectivity index (χ0n) is 22.2. The molecule has 0 spiro atoms. The van der Waals surface area contributed by atoms with Crippen molar-refractivity contribution < 1.29 is 17.9 Å². The summed E-state index contributed by atoms with van der Waals surface area (Å²) in [5.74, 6) is 0.108. The van der Waals surface area contributed by atoms with Gasteiger partial charge in [0.25, 0.3) is 0 Å². The highest BCUT2D eigenvalue weighted by molar-refractivity contribution is 6.76. The van der Waals surface area contributed by atoms with Crippen LogP contribution in [0.1, 0.15) is 38.1 Å². The van der Waals surface area contributed by atoms with Crippen LogP contribution in [0.15, 0.2) is 35.5 Å². The highest BCUT2D eigenvalue weighted by atomic mass is 28.3. The zero-order valence-corrected chi connectivity index (χ0v) is 23.2. The smallest absolute Gasteiger partial charge is 0.361 e. The van der Waals surface area contributed by atoms with Crippen molar-refractivity contribution in [2.24, 2.45) is 5.92 Å². The molecule has 0 amide bonds. The molecule has 4 rings (SSSR count). The van der Waals surface area contributed by atoms with E-state index in [9.17, 15) is 18.0 Å². The van der Waals surface area contributed by atoms with Gasteiger partial charge < -0.3 is 19.2 Å². The third-order valence-corrected chi connectivity index (χ3v) is 9.15. The van der Waals surface area contributed by atoms with Crippen molar-refractivity contribution in [1.82, 2.24) is 19.4 Å². The Morgan fingerprint density at radius 3 is 2.58 bits per heavy atom. The molecule has 1 saturated carbocycles. The van der Waals surface area contributed by atoms with Crippen LogP contribution in [-0.2, 0) is 11.5 Å². The van der Waals surface area contributed by atoms with Gasteiger partial charge in [-0.1, -0.05) is 19.6 Å². The fourth-order valence-electron chi connectivity index (χ4n) is 5.18. The summed E-state index contributed by atoms with van der Waals surface area (Å²) in [6.45, 7) is 8.27.